The summed E-state index contributed by atoms with van der Waals surface area (Å²) in [4.78, 5) is 14.9. The van der Waals surface area contributed by atoms with Crippen LogP contribution in [0.4, 0.5) is 17.1 Å². The summed E-state index contributed by atoms with van der Waals surface area (Å²) in [5, 5.41) is 16.6. The number of aliphatic hydroxyl groups is 1. The molecule has 0 atom stereocenters. The van der Waals surface area contributed by atoms with Crippen LogP contribution in [0.1, 0.15) is 25.0 Å². The number of nitrogens with one attached hydrogen (secondary N) is 2. The predicted molar refractivity (Wildman–Crippen MR) is 136 cm³/mol. The number of amides is 1. The molecule has 1 heterocycles. The molecule has 1 amide bonds. The van der Waals surface area contributed by atoms with Gasteiger partial charge in [-0.25, -0.2) is 0 Å². The lowest BCUT2D eigenvalue weighted by molar-refractivity contribution is -0.121. The van der Waals surface area contributed by atoms with Crippen molar-refractivity contribution in [1.29, 1.82) is 0 Å². The van der Waals surface area contributed by atoms with Gasteiger partial charge in [0, 0.05) is 24.7 Å². The predicted octanol–water partition coefficient (Wildman–Crippen LogP) is 4.64. The first kappa shape index (κ1) is 23.4. The van der Waals surface area contributed by atoms with Crippen LogP contribution < -0.4 is 25.0 Å². The Morgan fingerprint density at radius 3 is 2.44 bits per heavy atom. The average Bonchev–Trinajstić information content (AvgIpc) is 2.85. The molecule has 3 aromatic carbocycles. The minimum atomic E-state index is -0.717. The molecule has 0 bridgehead atoms. The molecule has 0 aliphatic carbocycles. The summed E-state index contributed by atoms with van der Waals surface area (Å²) in [6.07, 6.45) is 0. The average molecular weight is 462 g/mol. The van der Waals surface area contributed by atoms with Crippen LogP contribution in [0.2, 0.25) is 0 Å². The normalized spacial score (nSPS) is 14.3. The maximum Gasteiger partial charge on any atom is 0.251 e. The Labute approximate surface area is 200 Å². The van der Waals surface area contributed by atoms with Gasteiger partial charge in [-0.2, -0.15) is 0 Å². The highest BCUT2D eigenvalue weighted by Crippen LogP contribution is 2.44. The molecule has 7 nitrogen and oxygen atoms in total. The number of rotatable bonds is 7. The summed E-state index contributed by atoms with van der Waals surface area (Å²) in [6, 6.07) is 17.4. The molecule has 3 N–H and O–H groups in total. The minimum Gasteiger partial charge on any atom is -0.496 e. The van der Waals surface area contributed by atoms with Crippen LogP contribution in [-0.2, 0) is 17.9 Å². The number of likely N-dealkylation sites (N-methyl/N-ethyl adjacent to an activating group) is 1. The van der Waals surface area contributed by atoms with Crippen molar-refractivity contribution in [2.75, 3.05) is 36.8 Å². The van der Waals surface area contributed by atoms with Gasteiger partial charge in [0.15, 0.2) is 0 Å². The number of anilines is 3. The van der Waals surface area contributed by atoms with Crippen LogP contribution in [0.5, 0.6) is 11.5 Å². The van der Waals surface area contributed by atoms with Crippen molar-refractivity contribution in [2.45, 2.75) is 32.5 Å². The topological polar surface area (TPSA) is 83.1 Å². The number of hydrogen-bond acceptors (Lipinski definition) is 6. The fourth-order valence-electron chi connectivity index (χ4n) is 4.50. The number of benzene rings is 3. The number of para-hydroxylation sites is 2. The Kier molecular flexibility index (Phi) is 6.39. The summed E-state index contributed by atoms with van der Waals surface area (Å²) < 4.78 is 11.2. The molecule has 0 saturated heterocycles. The molecular formula is C27H31N3O4. The quantitative estimate of drug-likeness (QED) is 0.475. The number of methoxy groups -OCH3 is 2. The van der Waals surface area contributed by atoms with E-state index in [1.807, 2.05) is 75.5 Å². The lowest BCUT2D eigenvalue weighted by Gasteiger charge is -2.40. The fraction of sp³-hybridized carbons (Fsp3) is 0.296. The fourth-order valence-corrected chi connectivity index (χ4v) is 4.50. The maximum absolute atomic E-state index is 13.2. The highest BCUT2D eigenvalue weighted by molar-refractivity contribution is 6.09. The van der Waals surface area contributed by atoms with Gasteiger partial charge in [-0.1, -0.05) is 24.3 Å². The number of hydrogen-bond donors (Lipinski definition) is 3. The Balaban J connectivity index is 1.90. The van der Waals surface area contributed by atoms with Gasteiger partial charge in [0.1, 0.15) is 17.0 Å². The first-order valence-corrected chi connectivity index (χ1v) is 11.2. The maximum atomic E-state index is 13.2. The van der Waals surface area contributed by atoms with Crippen molar-refractivity contribution < 1.29 is 19.4 Å². The Morgan fingerprint density at radius 1 is 1.00 bits per heavy atom. The summed E-state index contributed by atoms with van der Waals surface area (Å²) in [6.45, 7) is 4.11. The van der Waals surface area contributed by atoms with E-state index in [0.717, 1.165) is 45.1 Å². The molecule has 0 radical (unpaired) electrons. The molecule has 178 valence electrons. The second-order valence-electron chi connectivity index (χ2n) is 8.85. The van der Waals surface area contributed by atoms with E-state index in [0.29, 0.717) is 12.3 Å². The van der Waals surface area contributed by atoms with Crippen molar-refractivity contribution in [2.24, 2.45) is 0 Å². The van der Waals surface area contributed by atoms with Gasteiger partial charge >= 0.3 is 0 Å². The third-order valence-electron chi connectivity index (χ3n) is 6.20. The van der Waals surface area contributed by atoms with E-state index >= 15 is 0 Å². The minimum absolute atomic E-state index is 0.0215. The summed E-state index contributed by atoms with van der Waals surface area (Å²) in [5.41, 5.74) is 5.28. The van der Waals surface area contributed by atoms with E-state index in [1.54, 1.807) is 19.1 Å². The lowest BCUT2D eigenvalue weighted by atomic mass is 9.91. The largest absolute Gasteiger partial charge is 0.496 e. The molecular weight excluding hydrogens is 430 g/mol. The van der Waals surface area contributed by atoms with Gasteiger partial charge in [-0.3, -0.25) is 4.79 Å². The molecule has 0 fully saturated rings. The Hall–Kier alpha value is -3.71. The zero-order chi connectivity index (χ0) is 24.5. The zero-order valence-corrected chi connectivity index (χ0v) is 20.2. The number of fused-ring (bicyclic) bond motifs is 1. The van der Waals surface area contributed by atoms with Gasteiger partial charge in [0.25, 0.3) is 5.91 Å². The molecule has 1 aliphatic rings. The standard InChI is InChI=1S/C27H31N3O4/c1-27(2)26(32)30(3)25-20(15-28-21-8-6-7-9-24(21)34-5)18(11-12-22(25)29-27)19-14-17(16-31)10-13-23(19)33-4/h6-14,28-29,31H,15-16H2,1-5H3. The van der Waals surface area contributed by atoms with Crippen molar-refractivity contribution in [3.8, 4) is 22.6 Å². The highest BCUT2D eigenvalue weighted by atomic mass is 16.5. The third-order valence-corrected chi connectivity index (χ3v) is 6.20. The van der Waals surface area contributed by atoms with E-state index in [2.05, 4.69) is 10.6 Å². The summed E-state index contributed by atoms with van der Waals surface area (Å²) in [7, 11) is 5.07. The molecule has 4 rings (SSSR count). The molecule has 0 saturated carbocycles. The van der Waals surface area contributed by atoms with Crippen molar-refractivity contribution >= 4 is 23.0 Å². The monoisotopic (exact) mass is 461 g/mol. The molecule has 0 spiro atoms. The Bertz CT molecular complexity index is 1220. The van der Waals surface area contributed by atoms with Gasteiger partial charge in [-0.05, 0) is 55.3 Å². The van der Waals surface area contributed by atoms with E-state index in [4.69, 9.17) is 9.47 Å². The first-order chi connectivity index (χ1) is 16.3. The third kappa shape index (κ3) is 4.15. The van der Waals surface area contributed by atoms with E-state index in [1.165, 1.54) is 0 Å². The molecule has 34 heavy (non-hydrogen) atoms. The number of carbonyl (C=O) groups is 1. The van der Waals surface area contributed by atoms with Gasteiger partial charge in [0.05, 0.1) is 37.9 Å². The summed E-state index contributed by atoms with van der Waals surface area (Å²) in [5.74, 6) is 1.40. The second kappa shape index (κ2) is 9.27. The van der Waals surface area contributed by atoms with E-state index in [9.17, 15) is 9.90 Å². The lowest BCUT2D eigenvalue weighted by Crippen LogP contribution is -2.52. The molecule has 7 heteroatoms. The molecule has 0 aromatic heterocycles. The van der Waals surface area contributed by atoms with Gasteiger partial charge in [0.2, 0.25) is 0 Å². The smallest absolute Gasteiger partial charge is 0.251 e. The van der Waals surface area contributed by atoms with Crippen LogP contribution in [0.25, 0.3) is 11.1 Å². The zero-order valence-electron chi connectivity index (χ0n) is 20.2. The number of ether oxygens (including phenoxy) is 2. The van der Waals surface area contributed by atoms with Crippen LogP contribution >= 0.6 is 0 Å². The van der Waals surface area contributed by atoms with Crippen LogP contribution in [0, 0.1) is 0 Å². The highest BCUT2D eigenvalue weighted by Gasteiger charge is 2.38. The van der Waals surface area contributed by atoms with Crippen molar-refractivity contribution in [1.82, 2.24) is 0 Å². The first-order valence-electron chi connectivity index (χ1n) is 11.2. The SMILES string of the molecule is COc1ccccc1NCc1c(-c2cc(CO)ccc2OC)ccc2c1N(C)C(=O)C(C)(C)N2. The number of carbonyl (C=O) groups excluding carboxylic acids is 1. The molecule has 0 unspecified atom stereocenters. The number of nitrogens with zero attached hydrogens (tertiary/aromatic N) is 1. The summed E-state index contributed by atoms with van der Waals surface area (Å²) >= 11 is 0. The van der Waals surface area contributed by atoms with Gasteiger partial charge < -0.3 is 30.1 Å². The van der Waals surface area contributed by atoms with E-state index in [-0.39, 0.29) is 12.5 Å². The van der Waals surface area contributed by atoms with Gasteiger partial charge in [-0.15, -0.1) is 0 Å². The van der Waals surface area contributed by atoms with E-state index < -0.39 is 5.54 Å². The van der Waals surface area contributed by atoms with Crippen LogP contribution in [-0.4, -0.2) is 37.8 Å². The molecule has 1 aliphatic heterocycles. The van der Waals surface area contributed by atoms with Crippen molar-refractivity contribution in [3.63, 3.8) is 0 Å². The molecule has 3 aromatic rings. The van der Waals surface area contributed by atoms with Crippen molar-refractivity contribution in [3.05, 3.63) is 65.7 Å². The Morgan fingerprint density at radius 2 is 1.74 bits per heavy atom. The number of aliphatic hydroxyl groups excluding tert-OH is 1. The second-order valence-corrected chi connectivity index (χ2v) is 8.85. The van der Waals surface area contributed by atoms with Crippen LogP contribution in [0.3, 0.4) is 0 Å². The van der Waals surface area contributed by atoms with Crippen LogP contribution in [0.15, 0.2) is 54.6 Å².